The van der Waals surface area contributed by atoms with E-state index in [2.05, 4.69) is 22.3 Å². The van der Waals surface area contributed by atoms with E-state index < -0.39 is 0 Å². The zero-order chi connectivity index (χ0) is 17.9. The number of fused-ring (bicyclic) bond motifs is 1. The lowest BCUT2D eigenvalue weighted by Gasteiger charge is -2.24. The average Bonchev–Trinajstić information content (AvgIpc) is 3.16. The summed E-state index contributed by atoms with van der Waals surface area (Å²) < 4.78 is 10.9. The fourth-order valence-electron chi connectivity index (χ4n) is 3.69. The van der Waals surface area contributed by atoms with Gasteiger partial charge in [-0.05, 0) is 54.0 Å². The molecular formula is C21H24ClN3O2. The Morgan fingerprint density at radius 1 is 1.19 bits per heavy atom. The molecule has 2 aromatic carbocycles. The summed E-state index contributed by atoms with van der Waals surface area (Å²) in [6.45, 7) is 0.531. The summed E-state index contributed by atoms with van der Waals surface area (Å²) in [5.41, 5.74) is 10.4. The van der Waals surface area contributed by atoms with Gasteiger partial charge < -0.3 is 15.0 Å². The number of aromatic nitrogens is 2. The van der Waals surface area contributed by atoms with Crippen LogP contribution in [0.4, 0.5) is 0 Å². The molecule has 2 N–H and O–H groups in total. The fourth-order valence-corrected chi connectivity index (χ4v) is 3.69. The SMILES string of the molecule is COc1ccc2c(c1)CCCC2Cc1nc(-c2ccc(CN)cc2)no1.Cl. The zero-order valence-electron chi connectivity index (χ0n) is 15.4. The molecule has 1 aliphatic rings. The Labute approximate surface area is 165 Å². The van der Waals surface area contributed by atoms with Crippen molar-refractivity contribution in [3.8, 4) is 17.1 Å². The lowest BCUT2D eigenvalue weighted by Crippen LogP contribution is -2.12. The van der Waals surface area contributed by atoms with Gasteiger partial charge in [0, 0.05) is 18.5 Å². The summed E-state index contributed by atoms with van der Waals surface area (Å²) in [5.74, 6) is 2.66. The second-order valence-corrected chi connectivity index (χ2v) is 6.77. The van der Waals surface area contributed by atoms with Crippen LogP contribution in [-0.4, -0.2) is 17.3 Å². The van der Waals surface area contributed by atoms with E-state index in [0.29, 0.717) is 24.2 Å². The Hall–Kier alpha value is -2.37. The predicted octanol–water partition coefficient (Wildman–Crippen LogP) is 4.29. The highest BCUT2D eigenvalue weighted by atomic mass is 35.5. The summed E-state index contributed by atoms with van der Waals surface area (Å²) in [7, 11) is 1.71. The molecule has 0 saturated heterocycles. The molecular weight excluding hydrogens is 362 g/mol. The summed E-state index contributed by atoms with van der Waals surface area (Å²) in [4.78, 5) is 4.60. The van der Waals surface area contributed by atoms with Crippen LogP contribution in [0.25, 0.3) is 11.4 Å². The predicted molar refractivity (Wildman–Crippen MR) is 107 cm³/mol. The maximum absolute atomic E-state index is 5.65. The van der Waals surface area contributed by atoms with Crippen LogP contribution < -0.4 is 10.5 Å². The van der Waals surface area contributed by atoms with Crippen LogP contribution in [0.3, 0.4) is 0 Å². The molecule has 6 heteroatoms. The summed E-state index contributed by atoms with van der Waals surface area (Å²) in [5, 5.41) is 4.15. The van der Waals surface area contributed by atoms with Crippen molar-refractivity contribution in [3.63, 3.8) is 0 Å². The van der Waals surface area contributed by atoms with E-state index >= 15 is 0 Å². The fraction of sp³-hybridized carbons (Fsp3) is 0.333. The van der Waals surface area contributed by atoms with Crippen LogP contribution in [0.15, 0.2) is 47.0 Å². The first-order valence-electron chi connectivity index (χ1n) is 9.05. The molecule has 0 saturated carbocycles. The second kappa shape index (κ2) is 8.55. The minimum atomic E-state index is 0. The summed E-state index contributed by atoms with van der Waals surface area (Å²) >= 11 is 0. The van der Waals surface area contributed by atoms with Crippen LogP contribution in [0.1, 0.15) is 41.3 Å². The van der Waals surface area contributed by atoms with E-state index in [4.69, 9.17) is 15.0 Å². The van der Waals surface area contributed by atoms with Crippen molar-refractivity contribution in [1.82, 2.24) is 10.1 Å². The molecule has 0 aliphatic heterocycles. The highest BCUT2D eigenvalue weighted by molar-refractivity contribution is 5.85. The molecule has 0 amide bonds. The van der Waals surface area contributed by atoms with Crippen molar-refractivity contribution in [2.45, 2.75) is 38.1 Å². The van der Waals surface area contributed by atoms with Gasteiger partial charge in [-0.3, -0.25) is 0 Å². The molecule has 4 rings (SSSR count). The summed E-state index contributed by atoms with van der Waals surface area (Å²) in [6.07, 6.45) is 4.19. The number of ether oxygens (including phenoxy) is 1. The van der Waals surface area contributed by atoms with Crippen LogP contribution in [-0.2, 0) is 19.4 Å². The average molecular weight is 386 g/mol. The molecule has 1 aromatic heterocycles. The first-order valence-corrected chi connectivity index (χ1v) is 9.05. The van der Waals surface area contributed by atoms with Gasteiger partial charge in [0.05, 0.1) is 7.11 Å². The van der Waals surface area contributed by atoms with Gasteiger partial charge in [0.1, 0.15) is 5.75 Å². The van der Waals surface area contributed by atoms with Crippen molar-refractivity contribution in [2.24, 2.45) is 5.73 Å². The van der Waals surface area contributed by atoms with Gasteiger partial charge in [-0.15, -0.1) is 12.4 Å². The molecule has 0 spiro atoms. The lowest BCUT2D eigenvalue weighted by molar-refractivity contribution is 0.362. The Morgan fingerprint density at radius 2 is 2.00 bits per heavy atom. The standard InChI is InChI=1S/C21H23N3O2.ClH/c1-25-18-9-10-19-16(11-18)3-2-4-17(19)12-20-23-21(24-26-20)15-7-5-14(13-22)6-8-15;/h5-11,17H,2-4,12-13,22H2,1H3;1H. The number of nitrogens with zero attached hydrogens (tertiary/aromatic N) is 2. The van der Waals surface area contributed by atoms with Crippen molar-refractivity contribution < 1.29 is 9.26 Å². The Bertz CT molecular complexity index is 893. The van der Waals surface area contributed by atoms with E-state index in [9.17, 15) is 0 Å². The normalized spacial score (nSPS) is 15.7. The van der Waals surface area contributed by atoms with Crippen molar-refractivity contribution >= 4 is 12.4 Å². The van der Waals surface area contributed by atoms with Gasteiger partial charge >= 0.3 is 0 Å². The molecule has 3 aromatic rings. The van der Waals surface area contributed by atoms with E-state index in [1.54, 1.807) is 7.11 Å². The Morgan fingerprint density at radius 3 is 2.74 bits per heavy atom. The Kier molecular flexibility index (Phi) is 6.14. The minimum Gasteiger partial charge on any atom is -0.497 e. The van der Waals surface area contributed by atoms with Crippen LogP contribution in [0.2, 0.25) is 0 Å². The van der Waals surface area contributed by atoms with E-state index in [0.717, 1.165) is 36.1 Å². The first kappa shape index (κ1) is 19.4. The molecule has 0 bridgehead atoms. The van der Waals surface area contributed by atoms with Gasteiger partial charge in [-0.1, -0.05) is 35.5 Å². The third-order valence-electron chi connectivity index (χ3n) is 5.13. The molecule has 0 fully saturated rings. The number of hydrogen-bond acceptors (Lipinski definition) is 5. The third-order valence-corrected chi connectivity index (χ3v) is 5.13. The maximum Gasteiger partial charge on any atom is 0.227 e. The molecule has 1 atom stereocenters. The van der Waals surface area contributed by atoms with E-state index in [-0.39, 0.29) is 12.4 Å². The summed E-state index contributed by atoms with van der Waals surface area (Å²) in [6, 6.07) is 14.3. The second-order valence-electron chi connectivity index (χ2n) is 6.77. The molecule has 27 heavy (non-hydrogen) atoms. The lowest BCUT2D eigenvalue weighted by atomic mass is 9.81. The maximum atomic E-state index is 5.65. The van der Waals surface area contributed by atoms with Crippen molar-refractivity contribution in [1.29, 1.82) is 0 Å². The highest BCUT2D eigenvalue weighted by Crippen LogP contribution is 2.35. The van der Waals surface area contributed by atoms with Crippen molar-refractivity contribution in [2.75, 3.05) is 7.11 Å². The molecule has 142 valence electrons. The number of methoxy groups -OCH3 is 1. The molecule has 1 aliphatic carbocycles. The first-order chi connectivity index (χ1) is 12.8. The molecule has 5 nitrogen and oxygen atoms in total. The smallest absolute Gasteiger partial charge is 0.227 e. The van der Waals surface area contributed by atoms with E-state index in [1.165, 1.54) is 17.5 Å². The number of nitrogens with two attached hydrogens (primary N) is 1. The van der Waals surface area contributed by atoms with Gasteiger partial charge in [-0.25, -0.2) is 0 Å². The van der Waals surface area contributed by atoms with Crippen molar-refractivity contribution in [3.05, 3.63) is 65.0 Å². The minimum absolute atomic E-state index is 0. The number of benzene rings is 2. The third kappa shape index (κ3) is 4.15. The topological polar surface area (TPSA) is 74.2 Å². The number of hydrogen-bond donors (Lipinski definition) is 1. The largest absolute Gasteiger partial charge is 0.497 e. The van der Waals surface area contributed by atoms with Gasteiger partial charge in [0.25, 0.3) is 0 Å². The van der Waals surface area contributed by atoms with E-state index in [1.807, 2.05) is 30.3 Å². The molecule has 1 heterocycles. The Balaban J connectivity index is 0.00000210. The van der Waals surface area contributed by atoms with Gasteiger partial charge in [-0.2, -0.15) is 4.98 Å². The highest BCUT2D eigenvalue weighted by Gasteiger charge is 2.23. The number of halogens is 1. The number of rotatable bonds is 5. The van der Waals surface area contributed by atoms with Crippen LogP contribution in [0, 0.1) is 0 Å². The molecule has 1 unspecified atom stereocenters. The monoisotopic (exact) mass is 385 g/mol. The van der Waals surface area contributed by atoms with Gasteiger partial charge in [0.15, 0.2) is 0 Å². The van der Waals surface area contributed by atoms with Crippen LogP contribution >= 0.6 is 12.4 Å². The molecule has 0 radical (unpaired) electrons. The number of aryl methyl sites for hydroxylation is 1. The quantitative estimate of drug-likeness (QED) is 0.709. The zero-order valence-corrected chi connectivity index (χ0v) is 16.2. The van der Waals surface area contributed by atoms with Gasteiger partial charge in [0.2, 0.25) is 11.7 Å². The van der Waals surface area contributed by atoms with Crippen LogP contribution in [0.5, 0.6) is 5.75 Å².